The fourth-order valence-electron chi connectivity index (χ4n) is 4.87. The molecule has 39 heavy (non-hydrogen) atoms. The van der Waals surface area contributed by atoms with Crippen LogP contribution in [0.25, 0.3) is 5.69 Å². The number of para-hydroxylation sites is 1. The summed E-state index contributed by atoms with van der Waals surface area (Å²) in [6, 6.07) is 5.24. The Hall–Kier alpha value is -3.56. The van der Waals surface area contributed by atoms with Gasteiger partial charge in [0, 0.05) is 26.8 Å². The van der Waals surface area contributed by atoms with Gasteiger partial charge >= 0.3 is 0 Å². The van der Waals surface area contributed by atoms with Gasteiger partial charge in [0.1, 0.15) is 28.5 Å². The Morgan fingerprint density at radius 1 is 1.08 bits per heavy atom. The van der Waals surface area contributed by atoms with Gasteiger partial charge < -0.3 is 23.8 Å². The molecule has 2 aromatic heterocycles. The van der Waals surface area contributed by atoms with Crippen molar-refractivity contribution in [1.82, 2.24) is 24.7 Å². The van der Waals surface area contributed by atoms with Gasteiger partial charge in [-0.25, -0.2) is 22.8 Å². The van der Waals surface area contributed by atoms with Crippen LogP contribution in [0.1, 0.15) is 31.2 Å². The molecule has 2 saturated heterocycles. The molecule has 1 aromatic carbocycles. The highest BCUT2D eigenvalue weighted by Gasteiger charge is 2.38. The molecule has 0 unspecified atom stereocenters. The number of nitrogens with zero attached hydrogens (tertiary/aromatic N) is 6. The number of hydrogen-bond acceptors (Lipinski definition) is 11. The molecular weight excluding hydrogens is 533 g/mol. The Balaban J connectivity index is 1.52. The number of methoxy groups -OCH3 is 3. The van der Waals surface area contributed by atoms with E-state index in [-0.39, 0.29) is 31.0 Å². The normalized spacial score (nSPS) is 21.6. The fourth-order valence-corrected chi connectivity index (χ4v) is 6.27. The van der Waals surface area contributed by atoms with Crippen LogP contribution in [0.4, 0.5) is 16.3 Å². The second-order valence-electron chi connectivity index (χ2n) is 9.20. The highest BCUT2D eigenvalue weighted by atomic mass is 32.2. The standard InChI is InChI=1S/C24H30FN7O6S/c1-35-16-10-17(14-31(13-16)23-26-11-15(25)12-27-23)39(33,34)30-24-29-28-22(20-8-5-9-38-20)32(24)21-18(36-2)6-4-7-19(21)37-3/h4,6-7,11-12,16-17,20H,5,8-10,13-14H2,1-3H3,(H,29,30)/t16-,17-,20-/m0/s1. The molecule has 2 aliphatic rings. The lowest BCUT2D eigenvalue weighted by Crippen LogP contribution is -2.51. The predicted octanol–water partition coefficient (Wildman–Crippen LogP) is 2.10. The largest absolute Gasteiger partial charge is 0.494 e. The van der Waals surface area contributed by atoms with Crippen molar-refractivity contribution in [2.45, 2.75) is 36.7 Å². The van der Waals surface area contributed by atoms with E-state index < -0.39 is 27.2 Å². The molecule has 0 amide bonds. The summed E-state index contributed by atoms with van der Waals surface area (Å²) in [5, 5.41) is 7.60. The van der Waals surface area contributed by atoms with Crippen molar-refractivity contribution in [3.63, 3.8) is 0 Å². The SMILES string of the molecule is COc1cccc(OC)c1-n1c(NS(=O)(=O)[C@H]2C[C@H](OC)CN(c3ncc(F)cn3)C2)nnc1[C@@H]1CCCO1. The molecule has 0 radical (unpaired) electrons. The minimum atomic E-state index is -4.06. The molecule has 5 rings (SSSR count). The molecule has 3 aromatic rings. The Morgan fingerprint density at radius 2 is 1.79 bits per heavy atom. The first-order valence-corrected chi connectivity index (χ1v) is 13.9. The Bertz CT molecular complexity index is 1380. The second-order valence-corrected chi connectivity index (χ2v) is 11.2. The van der Waals surface area contributed by atoms with Crippen LogP contribution in [0.15, 0.2) is 30.6 Å². The summed E-state index contributed by atoms with van der Waals surface area (Å²) in [7, 11) is 0.476. The van der Waals surface area contributed by atoms with E-state index in [4.69, 9.17) is 18.9 Å². The number of nitrogens with one attached hydrogen (secondary N) is 1. The number of sulfonamides is 1. The Morgan fingerprint density at radius 3 is 2.41 bits per heavy atom. The third-order valence-corrected chi connectivity index (χ3v) is 8.49. The zero-order chi connectivity index (χ0) is 27.6. The summed E-state index contributed by atoms with van der Waals surface area (Å²) in [5.41, 5.74) is 0.440. The van der Waals surface area contributed by atoms with Gasteiger partial charge in [-0.2, -0.15) is 0 Å². The lowest BCUT2D eigenvalue weighted by molar-refractivity contribution is 0.0898. The summed E-state index contributed by atoms with van der Waals surface area (Å²) in [6.45, 7) is 0.973. The van der Waals surface area contributed by atoms with Gasteiger partial charge in [0.15, 0.2) is 11.6 Å². The lowest BCUT2D eigenvalue weighted by Gasteiger charge is -2.36. The van der Waals surface area contributed by atoms with E-state index in [1.54, 1.807) is 27.7 Å². The number of ether oxygens (including phenoxy) is 4. The predicted molar refractivity (Wildman–Crippen MR) is 138 cm³/mol. The van der Waals surface area contributed by atoms with Crippen molar-refractivity contribution in [2.24, 2.45) is 0 Å². The monoisotopic (exact) mass is 563 g/mol. The van der Waals surface area contributed by atoms with Crippen LogP contribution < -0.4 is 19.1 Å². The Kier molecular flexibility index (Phi) is 7.81. The number of piperidine rings is 1. The van der Waals surface area contributed by atoms with Crippen molar-refractivity contribution < 1.29 is 31.8 Å². The van der Waals surface area contributed by atoms with Crippen LogP contribution in [0.5, 0.6) is 11.5 Å². The molecule has 1 N–H and O–H groups in total. The van der Waals surface area contributed by atoms with Gasteiger partial charge in [0.05, 0.1) is 32.7 Å². The van der Waals surface area contributed by atoms with Gasteiger partial charge in [-0.15, -0.1) is 10.2 Å². The van der Waals surface area contributed by atoms with Crippen LogP contribution in [-0.2, 0) is 19.5 Å². The maximum absolute atomic E-state index is 13.8. The highest BCUT2D eigenvalue weighted by molar-refractivity contribution is 7.93. The number of halogens is 1. The molecular formula is C24H30FN7O6S. The van der Waals surface area contributed by atoms with Gasteiger partial charge in [-0.1, -0.05) is 6.07 Å². The molecule has 210 valence electrons. The summed E-state index contributed by atoms with van der Waals surface area (Å²) < 4.78 is 67.8. The minimum Gasteiger partial charge on any atom is -0.494 e. The molecule has 4 heterocycles. The van der Waals surface area contributed by atoms with Crippen LogP contribution in [0, 0.1) is 5.82 Å². The lowest BCUT2D eigenvalue weighted by atomic mass is 10.1. The summed E-state index contributed by atoms with van der Waals surface area (Å²) in [5.74, 6) is 0.885. The maximum Gasteiger partial charge on any atom is 0.243 e. The average molecular weight is 564 g/mol. The Labute approximate surface area is 225 Å². The number of rotatable bonds is 9. The second kappa shape index (κ2) is 11.3. The zero-order valence-electron chi connectivity index (χ0n) is 21.8. The molecule has 0 spiro atoms. The zero-order valence-corrected chi connectivity index (χ0v) is 22.6. The highest BCUT2D eigenvalue weighted by Crippen LogP contribution is 2.39. The van der Waals surface area contributed by atoms with Crippen LogP contribution in [0.3, 0.4) is 0 Å². The van der Waals surface area contributed by atoms with Gasteiger partial charge in [0.25, 0.3) is 0 Å². The smallest absolute Gasteiger partial charge is 0.243 e. The quantitative estimate of drug-likeness (QED) is 0.409. The molecule has 2 fully saturated rings. The van der Waals surface area contributed by atoms with Crippen LogP contribution >= 0.6 is 0 Å². The van der Waals surface area contributed by atoms with E-state index in [1.807, 2.05) is 0 Å². The van der Waals surface area contributed by atoms with E-state index in [9.17, 15) is 12.8 Å². The molecule has 3 atom stereocenters. The van der Waals surface area contributed by atoms with Gasteiger partial charge in [-0.3, -0.25) is 9.29 Å². The first kappa shape index (κ1) is 27.0. The van der Waals surface area contributed by atoms with Gasteiger partial charge in [0.2, 0.25) is 21.9 Å². The maximum atomic E-state index is 13.8. The third kappa shape index (κ3) is 5.46. The molecule has 2 aliphatic heterocycles. The topological polar surface area (TPSA) is 143 Å². The fraction of sp³-hybridized carbons (Fsp3) is 0.500. The van der Waals surface area contributed by atoms with E-state index in [0.29, 0.717) is 42.6 Å². The van der Waals surface area contributed by atoms with E-state index >= 15 is 0 Å². The van der Waals surface area contributed by atoms with Gasteiger partial charge in [-0.05, 0) is 31.4 Å². The van der Waals surface area contributed by atoms with Crippen molar-refractivity contribution in [2.75, 3.05) is 50.6 Å². The van der Waals surface area contributed by atoms with Crippen molar-refractivity contribution in [3.05, 3.63) is 42.2 Å². The van der Waals surface area contributed by atoms with E-state index in [0.717, 1.165) is 18.8 Å². The number of benzene rings is 1. The third-order valence-electron chi connectivity index (χ3n) is 6.80. The molecule has 0 aliphatic carbocycles. The summed E-state index contributed by atoms with van der Waals surface area (Å²) >= 11 is 0. The van der Waals surface area contributed by atoms with Crippen LogP contribution in [-0.4, -0.2) is 85.5 Å². The number of anilines is 2. The first-order chi connectivity index (χ1) is 18.8. The number of hydrogen-bond donors (Lipinski definition) is 1. The number of aromatic nitrogens is 5. The molecule has 13 nitrogen and oxygen atoms in total. The molecule has 0 saturated carbocycles. The minimum absolute atomic E-state index is 0.0348. The molecule has 15 heteroatoms. The van der Waals surface area contributed by atoms with Crippen LogP contribution in [0.2, 0.25) is 0 Å². The molecule has 0 bridgehead atoms. The van der Waals surface area contributed by atoms with Crippen molar-refractivity contribution in [1.29, 1.82) is 0 Å². The summed E-state index contributed by atoms with van der Waals surface area (Å²) in [6.07, 6.45) is 3.02. The van der Waals surface area contributed by atoms with Crippen molar-refractivity contribution >= 4 is 21.9 Å². The first-order valence-electron chi connectivity index (χ1n) is 12.4. The van der Waals surface area contributed by atoms with Crippen molar-refractivity contribution in [3.8, 4) is 17.2 Å². The van der Waals surface area contributed by atoms with E-state index in [2.05, 4.69) is 24.9 Å². The average Bonchev–Trinajstić information content (AvgIpc) is 3.62. The van der Waals surface area contributed by atoms with E-state index in [1.165, 1.54) is 21.3 Å². The summed E-state index contributed by atoms with van der Waals surface area (Å²) in [4.78, 5) is 9.68.